The van der Waals surface area contributed by atoms with Crippen molar-refractivity contribution in [3.05, 3.63) is 69.8 Å². The lowest BCUT2D eigenvalue weighted by atomic mass is 9.97. The molecule has 0 amide bonds. The minimum atomic E-state index is -4.58. The summed E-state index contributed by atoms with van der Waals surface area (Å²) >= 11 is 0. The molecule has 1 fully saturated rings. The van der Waals surface area contributed by atoms with E-state index in [9.17, 15) is 26.4 Å². The first-order valence-corrected chi connectivity index (χ1v) is 11.8. The van der Waals surface area contributed by atoms with Crippen molar-refractivity contribution in [1.29, 1.82) is 0 Å². The molecule has 0 saturated carbocycles. The molecule has 0 bridgehead atoms. The molecule has 2 aromatic carbocycles. The van der Waals surface area contributed by atoms with Crippen LogP contribution < -0.4 is 0 Å². The molecular weight excluding hydrogens is 443 g/mol. The van der Waals surface area contributed by atoms with E-state index >= 15 is 0 Å². The lowest BCUT2D eigenvalue weighted by Gasteiger charge is -2.48. The molecule has 32 heavy (non-hydrogen) atoms. The van der Waals surface area contributed by atoms with E-state index in [2.05, 4.69) is 4.74 Å². The monoisotopic (exact) mass is 468 g/mol. The van der Waals surface area contributed by atoms with Gasteiger partial charge in [0.1, 0.15) is 12.6 Å². The second-order valence-electron chi connectivity index (χ2n) is 8.93. The number of nitrogens with zero attached hydrogens (tertiary/aromatic N) is 1. The average Bonchev–Trinajstić information content (AvgIpc) is 3.16. The van der Waals surface area contributed by atoms with Crippen molar-refractivity contribution in [3.8, 4) is 0 Å². The standard InChI is InChI=1S/C23H25F3NO4S/c1-14-13-27(2,32(14,29)30)21-11-17-5-4-15(7-18(17)12-21)6-16-8-19(22(28)31-3)10-20(9-16)23(24,25)26/h4-5,7-10,14,21H,6,11-13H2,1-3H3/q+1/t14?,21-,27?/m0/s1. The minimum absolute atomic E-state index is 0.0360. The van der Waals surface area contributed by atoms with E-state index in [0.29, 0.717) is 24.9 Å². The summed E-state index contributed by atoms with van der Waals surface area (Å²) in [6, 6.07) is 8.92. The number of esters is 1. The van der Waals surface area contributed by atoms with E-state index < -0.39 is 27.7 Å². The Morgan fingerprint density at radius 2 is 1.78 bits per heavy atom. The first-order chi connectivity index (χ1) is 14.8. The maximum absolute atomic E-state index is 13.3. The second-order valence-corrected chi connectivity index (χ2v) is 11.6. The van der Waals surface area contributed by atoms with Gasteiger partial charge in [-0.1, -0.05) is 18.2 Å². The molecule has 5 nitrogen and oxygen atoms in total. The van der Waals surface area contributed by atoms with Crippen molar-refractivity contribution in [2.24, 2.45) is 0 Å². The largest absolute Gasteiger partial charge is 0.465 e. The first kappa shape index (κ1) is 22.8. The predicted molar refractivity (Wildman–Crippen MR) is 113 cm³/mol. The van der Waals surface area contributed by atoms with Crippen LogP contribution in [0.5, 0.6) is 0 Å². The number of hydrogen-bond donors (Lipinski definition) is 0. The zero-order valence-corrected chi connectivity index (χ0v) is 18.9. The molecule has 0 aromatic heterocycles. The molecular formula is C23H25F3NO4S+. The maximum Gasteiger partial charge on any atom is 0.416 e. The summed E-state index contributed by atoms with van der Waals surface area (Å²) < 4.78 is 69.7. The van der Waals surface area contributed by atoms with Gasteiger partial charge in [0.15, 0.2) is 5.25 Å². The lowest BCUT2D eigenvalue weighted by molar-refractivity contribution is -0.830. The lowest BCUT2D eigenvalue weighted by Crippen LogP contribution is -2.71. The number of alkyl halides is 3. The number of hydrogen-bond acceptors (Lipinski definition) is 4. The Kier molecular flexibility index (Phi) is 5.40. The van der Waals surface area contributed by atoms with Gasteiger partial charge in [-0.05, 0) is 53.8 Å². The number of quaternary nitrogens is 1. The number of rotatable bonds is 4. The Labute approximate surface area is 185 Å². The van der Waals surface area contributed by atoms with Crippen LogP contribution in [0.1, 0.15) is 45.1 Å². The van der Waals surface area contributed by atoms with Gasteiger partial charge in [-0.25, -0.2) is 8.68 Å². The summed E-state index contributed by atoms with van der Waals surface area (Å²) in [6.45, 7) is 2.32. The molecule has 0 spiro atoms. The van der Waals surface area contributed by atoms with E-state index in [1.807, 2.05) is 18.2 Å². The third kappa shape index (κ3) is 3.71. The van der Waals surface area contributed by atoms with Crippen LogP contribution in [0.25, 0.3) is 0 Å². The number of likely N-dealkylation sites (N-methyl/N-ethyl adjacent to an activating group) is 1. The Balaban J connectivity index is 1.59. The van der Waals surface area contributed by atoms with Crippen molar-refractivity contribution < 1.29 is 35.0 Å². The molecule has 4 rings (SSSR count). The van der Waals surface area contributed by atoms with Crippen molar-refractivity contribution in [2.45, 2.75) is 43.7 Å². The molecule has 3 atom stereocenters. The van der Waals surface area contributed by atoms with E-state index in [-0.39, 0.29) is 27.2 Å². The highest BCUT2D eigenvalue weighted by Gasteiger charge is 2.59. The molecule has 0 N–H and O–H groups in total. The number of benzene rings is 2. The third-order valence-electron chi connectivity index (χ3n) is 6.81. The minimum Gasteiger partial charge on any atom is -0.465 e. The van der Waals surface area contributed by atoms with Gasteiger partial charge in [-0.3, -0.25) is 0 Å². The predicted octanol–water partition coefficient (Wildman–Crippen LogP) is 3.73. The highest BCUT2D eigenvalue weighted by molar-refractivity contribution is 7.87. The summed E-state index contributed by atoms with van der Waals surface area (Å²) in [6.07, 6.45) is -3.09. The van der Waals surface area contributed by atoms with Crippen LogP contribution in [0.4, 0.5) is 13.2 Å². The summed E-state index contributed by atoms with van der Waals surface area (Å²) in [5.74, 6) is -0.823. The Bertz CT molecular complexity index is 1190. The molecule has 9 heteroatoms. The van der Waals surface area contributed by atoms with E-state index in [1.54, 1.807) is 14.0 Å². The van der Waals surface area contributed by atoms with Crippen LogP contribution >= 0.6 is 0 Å². The van der Waals surface area contributed by atoms with Gasteiger partial charge >= 0.3 is 22.2 Å². The van der Waals surface area contributed by atoms with Crippen molar-refractivity contribution >= 4 is 16.0 Å². The third-order valence-corrected chi connectivity index (χ3v) is 9.59. The zero-order valence-electron chi connectivity index (χ0n) is 18.1. The number of ether oxygens (including phenoxy) is 1. The molecule has 172 valence electrons. The Morgan fingerprint density at radius 3 is 2.38 bits per heavy atom. The number of sulfonamides is 1. The molecule has 2 unspecified atom stereocenters. The molecule has 1 saturated heterocycles. The van der Waals surface area contributed by atoms with Crippen LogP contribution in [0, 0.1) is 0 Å². The van der Waals surface area contributed by atoms with Gasteiger partial charge in [0, 0.05) is 12.8 Å². The molecule has 2 aromatic rings. The molecule has 1 aliphatic heterocycles. The van der Waals surface area contributed by atoms with Crippen molar-refractivity contribution in [2.75, 3.05) is 20.7 Å². The summed E-state index contributed by atoms with van der Waals surface area (Å²) in [5.41, 5.74) is 2.23. The molecule has 1 heterocycles. The highest BCUT2D eigenvalue weighted by atomic mass is 32.2. The van der Waals surface area contributed by atoms with Crippen LogP contribution in [-0.4, -0.2) is 50.3 Å². The van der Waals surface area contributed by atoms with E-state index in [1.165, 1.54) is 6.07 Å². The van der Waals surface area contributed by atoms with Crippen LogP contribution in [0.2, 0.25) is 0 Å². The van der Waals surface area contributed by atoms with Crippen molar-refractivity contribution in [3.63, 3.8) is 0 Å². The molecule has 0 radical (unpaired) electrons. The van der Waals surface area contributed by atoms with Gasteiger partial charge in [0.2, 0.25) is 0 Å². The molecule has 2 aliphatic rings. The quantitative estimate of drug-likeness (QED) is 0.507. The number of carbonyl (C=O) groups excluding carboxylic acids is 1. The van der Waals surface area contributed by atoms with Gasteiger partial charge in [0.25, 0.3) is 0 Å². The van der Waals surface area contributed by atoms with Gasteiger partial charge in [0.05, 0.1) is 25.3 Å². The highest BCUT2D eigenvalue weighted by Crippen LogP contribution is 2.40. The van der Waals surface area contributed by atoms with Crippen molar-refractivity contribution in [1.82, 2.24) is 0 Å². The smallest absolute Gasteiger partial charge is 0.416 e. The topological polar surface area (TPSA) is 60.4 Å². The van der Waals surface area contributed by atoms with Gasteiger partial charge < -0.3 is 4.74 Å². The number of carbonyl (C=O) groups is 1. The fraction of sp³-hybridized carbons (Fsp3) is 0.435. The van der Waals surface area contributed by atoms with Gasteiger partial charge in [-0.15, -0.1) is 0 Å². The zero-order chi connectivity index (χ0) is 23.5. The fourth-order valence-electron chi connectivity index (χ4n) is 4.97. The SMILES string of the molecule is COC(=O)c1cc(Cc2ccc3c(c2)C[C@@H]([N+]2(C)CC(C)S2(=O)=O)C3)cc(C(F)(F)F)c1. The Morgan fingerprint density at radius 1 is 1.09 bits per heavy atom. The second kappa shape index (κ2) is 7.59. The Hall–Kier alpha value is -2.39. The first-order valence-electron chi connectivity index (χ1n) is 10.3. The maximum atomic E-state index is 13.3. The molecule has 1 aliphatic carbocycles. The number of fused-ring (bicyclic) bond motifs is 1. The average molecular weight is 469 g/mol. The van der Waals surface area contributed by atoms with Crippen LogP contribution in [-0.2, 0) is 40.2 Å². The number of halogens is 3. The van der Waals surface area contributed by atoms with Gasteiger partial charge in [-0.2, -0.15) is 21.6 Å². The summed E-state index contributed by atoms with van der Waals surface area (Å²) in [7, 11) is -0.314. The van der Waals surface area contributed by atoms with Crippen LogP contribution in [0.3, 0.4) is 0 Å². The van der Waals surface area contributed by atoms with E-state index in [4.69, 9.17) is 0 Å². The van der Waals surface area contributed by atoms with E-state index in [0.717, 1.165) is 35.9 Å². The normalized spacial score (nSPS) is 26.3. The number of methoxy groups -OCH3 is 1. The fourth-order valence-corrected chi connectivity index (χ4v) is 7.02. The summed E-state index contributed by atoms with van der Waals surface area (Å²) in [5, 5.41) is -0.336. The van der Waals surface area contributed by atoms with Crippen LogP contribution in [0.15, 0.2) is 36.4 Å². The summed E-state index contributed by atoms with van der Waals surface area (Å²) in [4.78, 5) is 11.8.